The second kappa shape index (κ2) is 9.46. The molecule has 0 heterocycles. The van der Waals surface area contributed by atoms with Gasteiger partial charge >= 0.3 is 0 Å². The molecular weight excluding hydrogens is 347 g/mol. The Morgan fingerprint density at radius 3 is 2.52 bits per heavy atom. The highest BCUT2D eigenvalue weighted by molar-refractivity contribution is 5.95. The SMILES string of the molecule is CN(CC(=O)N(CCC(N)=O)c1ccc(F)cc1)Cc1cccc(C#N)c1. The van der Waals surface area contributed by atoms with Crippen LogP contribution in [0.2, 0.25) is 0 Å². The molecule has 0 aliphatic heterocycles. The zero-order valence-electron chi connectivity index (χ0n) is 15.1. The molecule has 0 aromatic heterocycles. The van der Waals surface area contributed by atoms with Crippen molar-refractivity contribution in [3.8, 4) is 6.07 Å². The monoisotopic (exact) mass is 368 g/mol. The molecular formula is C20H21FN4O2. The molecule has 2 aromatic carbocycles. The second-order valence-corrected chi connectivity index (χ2v) is 6.22. The van der Waals surface area contributed by atoms with Crippen LogP contribution in [0.15, 0.2) is 48.5 Å². The molecule has 0 unspecified atom stereocenters. The van der Waals surface area contributed by atoms with E-state index in [0.29, 0.717) is 17.8 Å². The predicted octanol–water partition coefficient (Wildman–Crippen LogP) is 2.04. The molecule has 0 fully saturated rings. The fourth-order valence-electron chi connectivity index (χ4n) is 2.66. The van der Waals surface area contributed by atoms with Gasteiger partial charge in [-0.15, -0.1) is 0 Å². The van der Waals surface area contributed by atoms with Crippen molar-refractivity contribution in [3.05, 3.63) is 65.5 Å². The van der Waals surface area contributed by atoms with E-state index in [9.17, 15) is 14.0 Å². The molecule has 0 saturated carbocycles. The number of hydrogen-bond donors (Lipinski definition) is 1. The van der Waals surface area contributed by atoms with E-state index in [1.165, 1.54) is 29.2 Å². The molecule has 0 saturated heterocycles. The summed E-state index contributed by atoms with van der Waals surface area (Å²) in [6.07, 6.45) is 0.0110. The lowest BCUT2D eigenvalue weighted by Crippen LogP contribution is -2.40. The van der Waals surface area contributed by atoms with Crippen LogP contribution >= 0.6 is 0 Å². The van der Waals surface area contributed by atoms with E-state index in [4.69, 9.17) is 11.0 Å². The van der Waals surface area contributed by atoms with Crippen LogP contribution in [0.25, 0.3) is 0 Å². The molecule has 6 nitrogen and oxygen atoms in total. The number of hydrogen-bond acceptors (Lipinski definition) is 4. The number of primary amides is 1. The lowest BCUT2D eigenvalue weighted by molar-refractivity contribution is -0.120. The van der Waals surface area contributed by atoms with Crippen molar-refractivity contribution in [2.75, 3.05) is 25.0 Å². The Kier molecular flexibility index (Phi) is 7.03. The minimum atomic E-state index is -0.517. The number of benzene rings is 2. The first-order chi connectivity index (χ1) is 12.9. The number of nitrogens with two attached hydrogens (primary N) is 1. The van der Waals surface area contributed by atoms with Crippen LogP contribution in [0.3, 0.4) is 0 Å². The maximum absolute atomic E-state index is 13.2. The molecule has 140 valence electrons. The maximum atomic E-state index is 13.2. The van der Waals surface area contributed by atoms with Gasteiger partial charge in [0.05, 0.1) is 18.2 Å². The third kappa shape index (κ3) is 6.20. The van der Waals surface area contributed by atoms with Crippen LogP contribution in [0.4, 0.5) is 10.1 Å². The number of anilines is 1. The molecule has 7 heteroatoms. The Morgan fingerprint density at radius 1 is 1.19 bits per heavy atom. The van der Waals surface area contributed by atoms with Gasteiger partial charge in [-0.2, -0.15) is 5.26 Å². The van der Waals surface area contributed by atoms with Crippen molar-refractivity contribution in [1.82, 2.24) is 4.90 Å². The smallest absolute Gasteiger partial charge is 0.241 e. The number of halogens is 1. The van der Waals surface area contributed by atoms with Crippen molar-refractivity contribution >= 4 is 17.5 Å². The molecule has 0 aliphatic carbocycles. The van der Waals surface area contributed by atoms with Crippen LogP contribution in [0.1, 0.15) is 17.5 Å². The summed E-state index contributed by atoms with van der Waals surface area (Å²) in [5.74, 6) is -1.16. The fraction of sp³-hybridized carbons (Fsp3) is 0.250. The fourth-order valence-corrected chi connectivity index (χ4v) is 2.66. The molecule has 2 rings (SSSR count). The number of nitrogens with zero attached hydrogens (tertiary/aromatic N) is 3. The van der Waals surface area contributed by atoms with Crippen molar-refractivity contribution in [2.24, 2.45) is 5.73 Å². The normalized spacial score (nSPS) is 10.4. The Hall–Kier alpha value is -3.24. The zero-order valence-corrected chi connectivity index (χ0v) is 15.1. The molecule has 2 N–H and O–H groups in total. The van der Waals surface area contributed by atoms with Crippen LogP contribution < -0.4 is 10.6 Å². The summed E-state index contributed by atoms with van der Waals surface area (Å²) in [6, 6.07) is 14.7. The molecule has 27 heavy (non-hydrogen) atoms. The number of nitriles is 1. The summed E-state index contributed by atoms with van der Waals surface area (Å²) in [4.78, 5) is 27.1. The van der Waals surface area contributed by atoms with E-state index in [2.05, 4.69) is 6.07 Å². The van der Waals surface area contributed by atoms with Gasteiger partial charge in [0.2, 0.25) is 11.8 Å². The zero-order chi connectivity index (χ0) is 19.8. The van der Waals surface area contributed by atoms with Crippen molar-refractivity contribution in [3.63, 3.8) is 0 Å². The van der Waals surface area contributed by atoms with Gasteiger partial charge < -0.3 is 10.6 Å². The highest BCUT2D eigenvalue weighted by Gasteiger charge is 2.18. The number of rotatable bonds is 8. The first-order valence-electron chi connectivity index (χ1n) is 8.41. The first kappa shape index (κ1) is 20.1. The number of amides is 2. The third-order valence-electron chi connectivity index (χ3n) is 3.93. The molecule has 2 aromatic rings. The first-order valence-corrected chi connectivity index (χ1v) is 8.41. The minimum absolute atomic E-state index is 0.0110. The van der Waals surface area contributed by atoms with Crippen LogP contribution in [-0.4, -0.2) is 36.9 Å². The van der Waals surface area contributed by atoms with Gasteiger partial charge in [-0.3, -0.25) is 14.5 Å². The topological polar surface area (TPSA) is 90.4 Å². The number of carbonyl (C=O) groups excluding carboxylic acids is 2. The Morgan fingerprint density at radius 2 is 1.89 bits per heavy atom. The Bertz CT molecular complexity index is 846. The molecule has 0 radical (unpaired) electrons. The average molecular weight is 368 g/mol. The van der Waals surface area contributed by atoms with Crippen LogP contribution in [-0.2, 0) is 16.1 Å². The van der Waals surface area contributed by atoms with Crippen LogP contribution in [0, 0.1) is 17.1 Å². The number of likely N-dealkylation sites (N-methyl/N-ethyl adjacent to an activating group) is 1. The summed E-state index contributed by atoms with van der Waals surface area (Å²) >= 11 is 0. The summed E-state index contributed by atoms with van der Waals surface area (Å²) in [6.45, 7) is 0.693. The van der Waals surface area contributed by atoms with E-state index in [0.717, 1.165) is 5.56 Å². The largest absolute Gasteiger partial charge is 0.370 e. The van der Waals surface area contributed by atoms with E-state index < -0.39 is 11.7 Å². The van der Waals surface area contributed by atoms with Crippen LogP contribution in [0.5, 0.6) is 0 Å². The quantitative estimate of drug-likeness (QED) is 0.772. The highest BCUT2D eigenvalue weighted by Crippen LogP contribution is 2.16. The predicted molar refractivity (Wildman–Crippen MR) is 100 cm³/mol. The van der Waals surface area contributed by atoms with E-state index in [1.54, 1.807) is 30.1 Å². The molecule has 0 bridgehead atoms. The van der Waals surface area contributed by atoms with E-state index in [-0.39, 0.29) is 25.4 Å². The minimum Gasteiger partial charge on any atom is -0.370 e. The van der Waals surface area contributed by atoms with Gasteiger partial charge in [0.15, 0.2) is 0 Å². The Balaban J connectivity index is 2.08. The second-order valence-electron chi connectivity index (χ2n) is 6.22. The third-order valence-corrected chi connectivity index (χ3v) is 3.93. The van der Waals surface area contributed by atoms with Crippen molar-refractivity contribution < 1.29 is 14.0 Å². The summed E-state index contributed by atoms with van der Waals surface area (Å²) < 4.78 is 13.2. The van der Waals surface area contributed by atoms with Gasteiger partial charge in [-0.25, -0.2) is 4.39 Å². The number of carbonyl (C=O) groups is 2. The lowest BCUT2D eigenvalue weighted by Gasteiger charge is -2.25. The summed E-state index contributed by atoms with van der Waals surface area (Å²) in [5.41, 5.74) is 7.17. The average Bonchev–Trinajstić information content (AvgIpc) is 2.63. The van der Waals surface area contributed by atoms with Gasteiger partial charge in [-0.05, 0) is 49.0 Å². The van der Waals surface area contributed by atoms with Gasteiger partial charge in [0.25, 0.3) is 0 Å². The molecule has 0 atom stereocenters. The van der Waals surface area contributed by atoms with Gasteiger partial charge in [0, 0.05) is 25.2 Å². The van der Waals surface area contributed by atoms with Crippen molar-refractivity contribution in [1.29, 1.82) is 5.26 Å². The Labute approximate surface area is 157 Å². The maximum Gasteiger partial charge on any atom is 0.241 e. The lowest BCUT2D eigenvalue weighted by atomic mass is 10.1. The molecule has 2 amide bonds. The molecule has 0 aliphatic rings. The van der Waals surface area contributed by atoms with E-state index >= 15 is 0 Å². The standard InChI is InChI=1S/C20H21FN4O2/c1-24(13-16-4-2-3-15(11-16)12-22)14-20(27)25(10-9-19(23)26)18-7-5-17(21)6-8-18/h2-8,11H,9-10,13-14H2,1H3,(H2,23,26). The van der Waals surface area contributed by atoms with Gasteiger partial charge in [-0.1, -0.05) is 12.1 Å². The van der Waals surface area contributed by atoms with Gasteiger partial charge in [0.1, 0.15) is 5.82 Å². The highest BCUT2D eigenvalue weighted by atomic mass is 19.1. The summed E-state index contributed by atoms with van der Waals surface area (Å²) in [7, 11) is 1.79. The molecule has 0 spiro atoms. The summed E-state index contributed by atoms with van der Waals surface area (Å²) in [5, 5.41) is 8.97. The van der Waals surface area contributed by atoms with E-state index in [1.807, 2.05) is 6.07 Å². The van der Waals surface area contributed by atoms with Crippen molar-refractivity contribution in [2.45, 2.75) is 13.0 Å².